The van der Waals surface area contributed by atoms with Crippen molar-refractivity contribution in [2.24, 2.45) is 16.7 Å². The standard InChI is InChI=1S/C19H37NO2/c1-6-10-20(11-7-2)13-16(21)14-22-17-12-15-8-9-19(17,5)18(15,3)4/h15-17,21H,6-14H2,1-5H3/t15-,16-,17-,19-/m0/s1. The summed E-state index contributed by atoms with van der Waals surface area (Å²) in [6.45, 7) is 15.0. The van der Waals surface area contributed by atoms with E-state index in [1.807, 2.05) is 0 Å². The van der Waals surface area contributed by atoms with Crippen LogP contribution in [0.2, 0.25) is 0 Å². The van der Waals surface area contributed by atoms with E-state index in [1.165, 1.54) is 19.3 Å². The van der Waals surface area contributed by atoms with E-state index in [0.29, 0.717) is 23.5 Å². The predicted molar refractivity (Wildman–Crippen MR) is 92.0 cm³/mol. The lowest BCUT2D eigenvalue weighted by Gasteiger charge is -2.39. The first-order valence-corrected chi connectivity index (χ1v) is 9.37. The van der Waals surface area contributed by atoms with Gasteiger partial charge in [-0.25, -0.2) is 0 Å². The molecule has 0 radical (unpaired) electrons. The quantitative estimate of drug-likeness (QED) is 0.705. The molecule has 3 heteroatoms. The van der Waals surface area contributed by atoms with Gasteiger partial charge in [0.25, 0.3) is 0 Å². The number of nitrogens with zero attached hydrogens (tertiary/aromatic N) is 1. The van der Waals surface area contributed by atoms with Crippen molar-refractivity contribution in [3.8, 4) is 0 Å². The Balaban J connectivity index is 1.81. The Morgan fingerprint density at radius 2 is 1.82 bits per heavy atom. The van der Waals surface area contributed by atoms with Gasteiger partial charge in [0.2, 0.25) is 0 Å². The highest BCUT2D eigenvalue weighted by Crippen LogP contribution is 2.66. The molecular weight excluding hydrogens is 274 g/mol. The van der Waals surface area contributed by atoms with Crippen LogP contribution in [0.15, 0.2) is 0 Å². The first kappa shape index (κ1) is 18.2. The molecule has 0 amide bonds. The molecule has 2 rings (SSSR count). The molecule has 0 aromatic rings. The van der Waals surface area contributed by atoms with E-state index in [4.69, 9.17) is 4.74 Å². The van der Waals surface area contributed by atoms with Gasteiger partial charge < -0.3 is 14.7 Å². The van der Waals surface area contributed by atoms with Gasteiger partial charge in [0, 0.05) is 6.54 Å². The molecule has 2 bridgehead atoms. The first-order valence-electron chi connectivity index (χ1n) is 9.37. The second kappa shape index (κ2) is 7.19. The number of aliphatic hydroxyl groups excluding tert-OH is 1. The maximum absolute atomic E-state index is 10.4. The molecule has 130 valence electrons. The van der Waals surface area contributed by atoms with E-state index >= 15 is 0 Å². The van der Waals surface area contributed by atoms with Gasteiger partial charge in [0.1, 0.15) is 0 Å². The third-order valence-electron chi connectivity index (χ3n) is 6.75. The summed E-state index contributed by atoms with van der Waals surface area (Å²) < 4.78 is 6.22. The number of fused-ring (bicyclic) bond motifs is 2. The smallest absolute Gasteiger partial charge is 0.0900 e. The van der Waals surface area contributed by atoms with Crippen molar-refractivity contribution >= 4 is 0 Å². The van der Waals surface area contributed by atoms with Crippen LogP contribution in [0.3, 0.4) is 0 Å². The Labute approximate surface area is 137 Å². The molecule has 4 atom stereocenters. The molecule has 2 aliphatic carbocycles. The van der Waals surface area contributed by atoms with Crippen LogP contribution in [0.4, 0.5) is 0 Å². The van der Waals surface area contributed by atoms with Gasteiger partial charge in [0.15, 0.2) is 0 Å². The molecule has 3 nitrogen and oxygen atoms in total. The predicted octanol–water partition coefficient (Wildman–Crippen LogP) is 3.70. The minimum atomic E-state index is -0.357. The summed E-state index contributed by atoms with van der Waals surface area (Å²) >= 11 is 0. The summed E-state index contributed by atoms with van der Waals surface area (Å²) in [5.74, 6) is 0.802. The third kappa shape index (κ3) is 3.37. The van der Waals surface area contributed by atoms with E-state index < -0.39 is 0 Å². The van der Waals surface area contributed by atoms with Crippen molar-refractivity contribution in [1.82, 2.24) is 4.90 Å². The van der Waals surface area contributed by atoms with Crippen LogP contribution in [0.25, 0.3) is 0 Å². The molecular formula is C19H37NO2. The first-order chi connectivity index (χ1) is 10.3. The Morgan fingerprint density at radius 1 is 1.18 bits per heavy atom. The van der Waals surface area contributed by atoms with Crippen molar-refractivity contribution < 1.29 is 9.84 Å². The Kier molecular flexibility index (Phi) is 5.95. The van der Waals surface area contributed by atoms with Crippen molar-refractivity contribution in [3.63, 3.8) is 0 Å². The summed E-state index contributed by atoms with van der Waals surface area (Å²) in [5, 5.41) is 10.4. The van der Waals surface area contributed by atoms with Gasteiger partial charge >= 0.3 is 0 Å². The zero-order valence-electron chi connectivity index (χ0n) is 15.4. The third-order valence-corrected chi connectivity index (χ3v) is 6.75. The average molecular weight is 312 g/mol. The molecule has 0 aromatic carbocycles. The van der Waals surface area contributed by atoms with Gasteiger partial charge in [-0.2, -0.15) is 0 Å². The van der Waals surface area contributed by atoms with Crippen LogP contribution in [-0.4, -0.2) is 48.5 Å². The largest absolute Gasteiger partial charge is 0.389 e. The number of ether oxygens (including phenoxy) is 1. The monoisotopic (exact) mass is 311 g/mol. The molecule has 0 heterocycles. The molecule has 0 unspecified atom stereocenters. The second-order valence-corrected chi connectivity index (χ2v) is 8.39. The summed E-state index contributed by atoms with van der Waals surface area (Å²) in [4.78, 5) is 2.36. The van der Waals surface area contributed by atoms with Crippen molar-refractivity contribution in [3.05, 3.63) is 0 Å². The molecule has 2 aliphatic rings. The van der Waals surface area contributed by atoms with Gasteiger partial charge in [-0.05, 0) is 61.9 Å². The number of aliphatic hydroxyl groups is 1. The fourth-order valence-electron chi connectivity index (χ4n) is 4.89. The summed E-state index contributed by atoms with van der Waals surface area (Å²) in [7, 11) is 0. The molecule has 0 spiro atoms. The molecule has 1 N–H and O–H groups in total. The lowest BCUT2D eigenvalue weighted by Crippen LogP contribution is -2.41. The van der Waals surface area contributed by atoms with Gasteiger partial charge in [-0.1, -0.05) is 34.6 Å². The summed E-state index contributed by atoms with van der Waals surface area (Å²) in [6, 6.07) is 0. The van der Waals surface area contributed by atoms with Crippen molar-refractivity contribution in [2.75, 3.05) is 26.2 Å². The molecule has 0 aromatic heterocycles. The molecule has 2 fully saturated rings. The van der Waals surface area contributed by atoms with Gasteiger partial charge in [-0.15, -0.1) is 0 Å². The minimum absolute atomic E-state index is 0.296. The summed E-state index contributed by atoms with van der Waals surface area (Å²) in [6.07, 6.45) is 6.08. The van der Waals surface area contributed by atoms with Crippen LogP contribution in [-0.2, 0) is 4.74 Å². The minimum Gasteiger partial charge on any atom is -0.389 e. The number of hydrogen-bond donors (Lipinski definition) is 1. The van der Waals surface area contributed by atoms with Crippen LogP contribution in [0.1, 0.15) is 66.7 Å². The number of rotatable bonds is 9. The van der Waals surface area contributed by atoms with E-state index in [-0.39, 0.29) is 6.10 Å². The molecule has 2 saturated carbocycles. The number of hydrogen-bond acceptors (Lipinski definition) is 3. The van der Waals surface area contributed by atoms with Crippen LogP contribution < -0.4 is 0 Å². The second-order valence-electron chi connectivity index (χ2n) is 8.39. The molecule has 22 heavy (non-hydrogen) atoms. The van der Waals surface area contributed by atoms with E-state index in [1.54, 1.807) is 0 Å². The van der Waals surface area contributed by atoms with E-state index in [0.717, 1.165) is 38.4 Å². The highest BCUT2D eigenvalue weighted by atomic mass is 16.5. The van der Waals surface area contributed by atoms with E-state index in [9.17, 15) is 5.11 Å². The maximum atomic E-state index is 10.4. The summed E-state index contributed by atoms with van der Waals surface area (Å²) in [5.41, 5.74) is 0.684. The Morgan fingerprint density at radius 3 is 2.27 bits per heavy atom. The lowest BCUT2D eigenvalue weighted by atomic mass is 9.70. The van der Waals surface area contributed by atoms with Crippen LogP contribution >= 0.6 is 0 Å². The van der Waals surface area contributed by atoms with Crippen molar-refractivity contribution in [2.45, 2.75) is 78.9 Å². The fraction of sp³-hybridized carbons (Fsp3) is 1.00. The topological polar surface area (TPSA) is 32.7 Å². The van der Waals surface area contributed by atoms with Gasteiger partial charge in [0.05, 0.1) is 18.8 Å². The molecule has 0 aliphatic heterocycles. The van der Waals surface area contributed by atoms with Crippen molar-refractivity contribution in [1.29, 1.82) is 0 Å². The van der Waals surface area contributed by atoms with Crippen LogP contribution in [0.5, 0.6) is 0 Å². The van der Waals surface area contributed by atoms with Gasteiger partial charge in [-0.3, -0.25) is 0 Å². The highest BCUT2D eigenvalue weighted by Gasteiger charge is 2.61. The molecule has 0 saturated heterocycles. The normalized spacial score (nSPS) is 34.5. The Bertz CT molecular complexity index is 351. The SMILES string of the molecule is CCCN(CCC)C[C@H](O)CO[C@H]1C[C@@H]2CC[C@]1(C)C2(C)C. The Hall–Kier alpha value is -0.120. The lowest BCUT2D eigenvalue weighted by molar-refractivity contribution is -0.0793. The van der Waals surface area contributed by atoms with Crippen LogP contribution in [0, 0.1) is 16.7 Å². The van der Waals surface area contributed by atoms with E-state index in [2.05, 4.69) is 39.5 Å². The maximum Gasteiger partial charge on any atom is 0.0900 e. The average Bonchev–Trinajstić information content (AvgIpc) is 2.78. The fourth-order valence-corrected chi connectivity index (χ4v) is 4.89. The zero-order valence-corrected chi connectivity index (χ0v) is 15.4. The highest BCUT2D eigenvalue weighted by molar-refractivity contribution is 5.11. The zero-order chi connectivity index (χ0) is 16.4.